The fourth-order valence-electron chi connectivity index (χ4n) is 3.10. The summed E-state index contributed by atoms with van der Waals surface area (Å²) in [4.78, 5) is 2.51. The number of piperazine rings is 1. The Morgan fingerprint density at radius 1 is 1.36 bits per heavy atom. The maximum Gasteiger partial charge on any atom is 0.123 e. The van der Waals surface area contributed by atoms with Crippen LogP contribution in [0.1, 0.15) is 22.9 Å². The fraction of sp³-hybridized carbons (Fsp3) is 0.471. The monoisotopic (exact) mass is 300 g/mol. The van der Waals surface area contributed by atoms with Crippen molar-refractivity contribution in [1.82, 2.24) is 20.0 Å². The average molecular weight is 300 g/mol. The van der Waals surface area contributed by atoms with Crippen molar-refractivity contribution in [2.24, 2.45) is 7.05 Å². The first-order valence-electron chi connectivity index (χ1n) is 7.76. The van der Waals surface area contributed by atoms with Gasteiger partial charge in [-0.3, -0.25) is 9.58 Å². The lowest BCUT2D eigenvalue weighted by molar-refractivity contribution is 0.150. The molecule has 1 fully saturated rings. The number of nitrogens with zero attached hydrogens (tertiary/aromatic N) is 3. The molecule has 1 saturated heterocycles. The minimum Gasteiger partial charge on any atom is -0.496 e. The quantitative estimate of drug-likeness (QED) is 0.936. The normalized spacial score (nSPS) is 19.3. The molecule has 0 aliphatic carbocycles. The van der Waals surface area contributed by atoms with E-state index in [4.69, 9.17) is 4.74 Å². The molecule has 1 aliphatic rings. The molecule has 1 aliphatic heterocycles. The Bertz CT molecular complexity index is 637. The molecule has 1 aromatic heterocycles. The Morgan fingerprint density at radius 3 is 2.91 bits per heavy atom. The predicted octanol–water partition coefficient (Wildman–Crippen LogP) is 1.88. The second-order valence-corrected chi connectivity index (χ2v) is 5.81. The van der Waals surface area contributed by atoms with Crippen LogP contribution in [-0.4, -0.2) is 41.4 Å². The molecule has 0 amide bonds. The number of methoxy groups -OCH3 is 1. The van der Waals surface area contributed by atoms with Gasteiger partial charge in [-0.25, -0.2) is 0 Å². The third-order valence-corrected chi connectivity index (χ3v) is 4.56. The van der Waals surface area contributed by atoms with Crippen LogP contribution in [0.5, 0.6) is 5.75 Å². The topological polar surface area (TPSA) is 42.3 Å². The zero-order valence-electron chi connectivity index (χ0n) is 13.5. The third-order valence-electron chi connectivity index (χ3n) is 4.56. The Labute approximate surface area is 131 Å². The molecule has 22 heavy (non-hydrogen) atoms. The van der Waals surface area contributed by atoms with E-state index in [2.05, 4.69) is 34.4 Å². The molecule has 2 aromatic rings. The third kappa shape index (κ3) is 2.87. The second-order valence-electron chi connectivity index (χ2n) is 5.81. The summed E-state index contributed by atoms with van der Waals surface area (Å²) in [5, 5.41) is 7.87. The minimum absolute atomic E-state index is 0.324. The number of ether oxygens (including phenoxy) is 1. The highest BCUT2D eigenvalue weighted by Crippen LogP contribution is 2.31. The average Bonchev–Trinajstić information content (AvgIpc) is 2.87. The number of aryl methyl sites for hydroxylation is 1. The molecule has 2 heterocycles. The molecule has 1 unspecified atom stereocenters. The van der Waals surface area contributed by atoms with Gasteiger partial charge in [0.1, 0.15) is 5.75 Å². The molecule has 118 valence electrons. The van der Waals surface area contributed by atoms with Crippen molar-refractivity contribution >= 4 is 0 Å². The molecule has 0 radical (unpaired) electrons. The first-order valence-corrected chi connectivity index (χ1v) is 7.76. The van der Waals surface area contributed by atoms with Gasteiger partial charge in [-0.2, -0.15) is 5.10 Å². The van der Waals surface area contributed by atoms with Gasteiger partial charge in [0, 0.05) is 50.0 Å². The highest BCUT2D eigenvalue weighted by atomic mass is 16.5. The standard InChI is InChI=1S/C17H24N4O/c1-13-14(10-19-20(13)2)12-21-9-8-18-11-16(21)15-6-4-5-7-17(15)22-3/h4-7,10,16,18H,8-9,11-12H2,1-3H3. The summed E-state index contributed by atoms with van der Waals surface area (Å²) in [5.41, 5.74) is 3.78. The van der Waals surface area contributed by atoms with E-state index in [9.17, 15) is 0 Å². The number of para-hydroxylation sites is 1. The van der Waals surface area contributed by atoms with Crippen molar-refractivity contribution in [3.05, 3.63) is 47.3 Å². The van der Waals surface area contributed by atoms with Gasteiger partial charge in [-0.1, -0.05) is 18.2 Å². The molecule has 0 bridgehead atoms. The van der Waals surface area contributed by atoms with E-state index in [1.807, 2.05) is 30.1 Å². The second kappa shape index (κ2) is 6.50. The number of rotatable bonds is 4. The summed E-state index contributed by atoms with van der Waals surface area (Å²) < 4.78 is 7.49. The van der Waals surface area contributed by atoms with E-state index in [0.29, 0.717) is 6.04 Å². The van der Waals surface area contributed by atoms with Crippen molar-refractivity contribution in [2.45, 2.75) is 19.5 Å². The van der Waals surface area contributed by atoms with Crippen molar-refractivity contribution in [1.29, 1.82) is 0 Å². The van der Waals surface area contributed by atoms with Gasteiger partial charge in [0.25, 0.3) is 0 Å². The summed E-state index contributed by atoms with van der Waals surface area (Å²) in [6.07, 6.45) is 1.98. The first kappa shape index (κ1) is 15.1. The van der Waals surface area contributed by atoms with Gasteiger partial charge in [-0.05, 0) is 13.0 Å². The number of benzene rings is 1. The predicted molar refractivity (Wildman–Crippen MR) is 87.0 cm³/mol. The lowest BCUT2D eigenvalue weighted by Crippen LogP contribution is -2.45. The zero-order valence-corrected chi connectivity index (χ0v) is 13.5. The van der Waals surface area contributed by atoms with Crippen LogP contribution >= 0.6 is 0 Å². The van der Waals surface area contributed by atoms with E-state index in [1.165, 1.54) is 16.8 Å². The summed E-state index contributed by atoms with van der Waals surface area (Å²) in [6.45, 7) is 6.04. The van der Waals surface area contributed by atoms with E-state index in [-0.39, 0.29) is 0 Å². The Morgan fingerprint density at radius 2 is 2.18 bits per heavy atom. The van der Waals surface area contributed by atoms with Gasteiger partial charge < -0.3 is 10.1 Å². The lowest BCUT2D eigenvalue weighted by Gasteiger charge is -2.37. The van der Waals surface area contributed by atoms with Crippen LogP contribution in [-0.2, 0) is 13.6 Å². The van der Waals surface area contributed by atoms with Crippen LogP contribution in [0.4, 0.5) is 0 Å². The summed E-state index contributed by atoms with van der Waals surface area (Å²) in [6, 6.07) is 8.63. The van der Waals surface area contributed by atoms with Crippen molar-refractivity contribution in [3.63, 3.8) is 0 Å². The minimum atomic E-state index is 0.324. The highest BCUT2D eigenvalue weighted by molar-refractivity contribution is 5.36. The maximum atomic E-state index is 5.55. The van der Waals surface area contributed by atoms with Crippen LogP contribution in [0.25, 0.3) is 0 Å². The fourth-order valence-corrected chi connectivity index (χ4v) is 3.10. The molecule has 0 saturated carbocycles. The van der Waals surface area contributed by atoms with Gasteiger partial charge in [0.05, 0.1) is 19.3 Å². The summed E-state index contributed by atoms with van der Waals surface area (Å²) >= 11 is 0. The molecule has 1 N–H and O–H groups in total. The van der Waals surface area contributed by atoms with E-state index < -0.39 is 0 Å². The van der Waals surface area contributed by atoms with E-state index in [1.54, 1.807) is 7.11 Å². The van der Waals surface area contributed by atoms with Crippen molar-refractivity contribution in [2.75, 3.05) is 26.7 Å². The summed E-state index contributed by atoms with van der Waals surface area (Å²) in [5.74, 6) is 0.962. The lowest BCUT2D eigenvalue weighted by atomic mass is 10.0. The van der Waals surface area contributed by atoms with Gasteiger partial charge in [0.2, 0.25) is 0 Å². The molecule has 1 atom stereocenters. The van der Waals surface area contributed by atoms with Gasteiger partial charge in [0.15, 0.2) is 0 Å². The van der Waals surface area contributed by atoms with Crippen LogP contribution in [0.15, 0.2) is 30.5 Å². The Hall–Kier alpha value is -1.85. The summed E-state index contributed by atoms with van der Waals surface area (Å²) in [7, 11) is 3.74. The number of nitrogens with one attached hydrogen (secondary N) is 1. The molecule has 1 aromatic carbocycles. The SMILES string of the molecule is COc1ccccc1C1CNCCN1Cc1cnn(C)c1C. The van der Waals surface area contributed by atoms with Crippen LogP contribution in [0, 0.1) is 6.92 Å². The molecular formula is C17H24N4O. The zero-order chi connectivity index (χ0) is 15.5. The Kier molecular flexibility index (Phi) is 4.45. The number of hydrogen-bond donors (Lipinski definition) is 1. The number of hydrogen-bond acceptors (Lipinski definition) is 4. The Balaban J connectivity index is 1.86. The molecule has 0 spiro atoms. The smallest absolute Gasteiger partial charge is 0.123 e. The number of aromatic nitrogens is 2. The van der Waals surface area contributed by atoms with Crippen molar-refractivity contribution < 1.29 is 4.74 Å². The van der Waals surface area contributed by atoms with Crippen LogP contribution in [0.3, 0.4) is 0 Å². The molecule has 5 heteroatoms. The molecule has 3 rings (SSSR count). The van der Waals surface area contributed by atoms with E-state index >= 15 is 0 Å². The van der Waals surface area contributed by atoms with Gasteiger partial charge >= 0.3 is 0 Å². The first-order chi connectivity index (χ1) is 10.7. The van der Waals surface area contributed by atoms with Gasteiger partial charge in [-0.15, -0.1) is 0 Å². The van der Waals surface area contributed by atoms with Crippen LogP contribution in [0.2, 0.25) is 0 Å². The molecule has 5 nitrogen and oxygen atoms in total. The van der Waals surface area contributed by atoms with E-state index in [0.717, 1.165) is 31.9 Å². The van der Waals surface area contributed by atoms with Crippen molar-refractivity contribution in [3.8, 4) is 5.75 Å². The van der Waals surface area contributed by atoms with Crippen LogP contribution < -0.4 is 10.1 Å². The highest BCUT2D eigenvalue weighted by Gasteiger charge is 2.26. The molecular weight excluding hydrogens is 276 g/mol. The largest absolute Gasteiger partial charge is 0.496 e. The maximum absolute atomic E-state index is 5.55.